The van der Waals surface area contributed by atoms with Crippen LogP contribution in [-0.2, 0) is 22.4 Å². The smallest absolute Gasteiger partial charge is 0.410 e. The van der Waals surface area contributed by atoms with Crippen LogP contribution in [0.1, 0.15) is 75.9 Å². The Kier molecular flexibility index (Phi) is 11.1. The SMILES string of the molecule is CC(C)Oc1ccccc1OCCN(C(=O)OC(C)(C)C)C(C)Cc1cc2c(c(C(N)=O)c1)N(CCCC(N)=O)CC2. The van der Waals surface area contributed by atoms with E-state index in [2.05, 4.69) is 11.0 Å². The van der Waals surface area contributed by atoms with E-state index >= 15 is 0 Å². The van der Waals surface area contributed by atoms with Gasteiger partial charge in [0.05, 0.1) is 23.9 Å². The number of nitrogens with two attached hydrogens (primary N) is 2. The van der Waals surface area contributed by atoms with Gasteiger partial charge >= 0.3 is 6.09 Å². The van der Waals surface area contributed by atoms with Gasteiger partial charge in [-0.15, -0.1) is 0 Å². The summed E-state index contributed by atoms with van der Waals surface area (Å²) in [7, 11) is 0. The van der Waals surface area contributed by atoms with Gasteiger partial charge in [0.2, 0.25) is 5.91 Å². The quantitative estimate of drug-likeness (QED) is 0.336. The summed E-state index contributed by atoms with van der Waals surface area (Å²) in [5, 5.41) is 0. The van der Waals surface area contributed by atoms with E-state index in [4.69, 9.17) is 25.7 Å². The second kappa shape index (κ2) is 14.3. The topological polar surface area (TPSA) is 137 Å². The molecule has 0 bridgehead atoms. The molecule has 0 aromatic heterocycles. The molecule has 10 heteroatoms. The standard InChI is InChI=1S/C32H46N4O6/c1-21(2)41-27-11-8-7-10-26(27)40-17-16-36(31(39)42-32(4,5)6)22(3)18-23-19-24-13-15-35(14-9-12-28(33)37)29(24)25(20-23)30(34)38/h7-8,10-11,19-22H,9,12-18H2,1-6H3,(H2,33,37)(H2,34,38). The number of primary amides is 2. The largest absolute Gasteiger partial charge is 0.488 e. The van der Waals surface area contributed by atoms with Gasteiger partial charge in [0.25, 0.3) is 5.91 Å². The number of carbonyl (C=O) groups is 3. The van der Waals surface area contributed by atoms with E-state index in [1.807, 2.05) is 71.9 Å². The van der Waals surface area contributed by atoms with Gasteiger partial charge in [0.1, 0.15) is 12.2 Å². The number of hydrogen-bond acceptors (Lipinski definition) is 7. The van der Waals surface area contributed by atoms with Crippen molar-refractivity contribution in [2.45, 2.75) is 85.0 Å². The molecule has 1 heterocycles. The van der Waals surface area contributed by atoms with Crippen LogP contribution in [0.2, 0.25) is 0 Å². The van der Waals surface area contributed by atoms with Gasteiger partial charge in [-0.3, -0.25) is 9.59 Å². The van der Waals surface area contributed by atoms with E-state index in [0.717, 1.165) is 29.8 Å². The zero-order chi connectivity index (χ0) is 31.0. The Hall–Kier alpha value is -3.95. The average molecular weight is 583 g/mol. The average Bonchev–Trinajstić information content (AvgIpc) is 3.28. The number of para-hydroxylation sites is 2. The van der Waals surface area contributed by atoms with Crippen LogP contribution >= 0.6 is 0 Å². The van der Waals surface area contributed by atoms with Gasteiger partial charge in [-0.05, 0) is 90.1 Å². The Balaban J connectivity index is 1.78. The molecule has 2 aromatic rings. The third-order valence-corrected chi connectivity index (χ3v) is 6.83. The minimum atomic E-state index is -0.668. The molecule has 0 fully saturated rings. The number of fused-ring (bicyclic) bond motifs is 1. The van der Waals surface area contributed by atoms with E-state index in [-0.39, 0.29) is 37.6 Å². The number of ether oxygens (including phenoxy) is 3. The highest BCUT2D eigenvalue weighted by Gasteiger charge is 2.29. The van der Waals surface area contributed by atoms with Gasteiger partial charge in [0, 0.05) is 25.6 Å². The molecule has 0 saturated heterocycles. The third-order valence-electron chi connectivity index (χ3n) is 6.83. The third kappa shape index (κ3) is 9.29. The second-order valence-electron chi connectivity index (χ2n) is 12.0. The molecule has 0 spiro atoms. The molecule has 1 unspecified atom stereocenters. The molecule has 0 radical (unpaired) electrons. The summed E-state index contributed by atoms with van der Waals surface area (Å²) >= 11 is 0. The van der Waals surface area contributed by atoms with Crippen molar-refractivity contribution in [1.29, 1.82) is 0 Å². The molecule has 3 rings (SSSR count). The van der Waals surface area contributed by atoms with Gasteiger partial charge in [-0.2, -0.15) is 0 Å². The van der Waals surface area contributed by atoms with Gasteiger partial charge in [0.15, 0.2) is 11.5 Å². The van der Waals surface area contributed by atoms with Crippen LogP contribution in [0.25, 0.3) is 0 Å². The van der Waals surface area contributed by atoms with Gasteiger partial charge in [-0.25, -0.2) is 4.79 Å². The van der Waals surface area contributed by atoms with Crippen molar-refractivity contribution in [3.63, 3.8) is 0 Å². The highest BCUT2D eigenvalue weighted by atomic mass is 16.6. The van der Waals surface area contributed by atoms with Crippen LogP contribution in [0.5, 0.6) is 11.5 Å². The summed E-state index contributed by atoms with van der Waals surface area (Å²) in [6, 6.07) is 11.1. The van der Waals surface area contributed by atoms with Crippen molar-refractivity contribution >= 4 is 23.6 Å². The lowest BCUT2D eigenvalue weighted by atomic mass is 9.97. The van der Waals surface area contributed by atoms with Crippen LogP contribution in [-0.4, -0.2) is 66.8 Å². The van der Waals surface area contributed by atoms with E-state index in [1.165, 1.54) is 0 Å². The monoisotopic (exact) mass is 582 g/mol. The van der Waals surface area contributed by atoms with E-state index in [0.29, 0.717) is 36.4 Å². The van der Waals surface area contributed by atoms with Crippen LogP contribution in [0.4, 0.5) is 10.5 Å². The minimum Gasteiger partial charge on any atom is -0.488 e. The van der Waals surface area contributed by atoms with Crippen LogP contribution in [0.15, 0.2) is 36.4 Å². The maximum atomic E-state index is 13.3. The maximum Gasteiger partial charge on any atom is 0.410 e. The first-order chi connectivity index (χ1) is 19.7. The number of carbonyl (C=O) groups excluding carboxylic acids is 3. The molecule has 3 amide bonds. The molecule has 0 saturated carbocycles. The van der Waals surface area contributed by atoms with Crippen molar-refractivity contribution in [2.24, 2.45) is 11.5 Å². The summed E-state index contributed by atoms with van der Waals surface area (Å²) in [6.45, 7) is 13.2. The normalized spacial score (nSPS) is 13.5. The first-order valence-corrected chi connectivity index (χ1v) is 14.6. The summed E-state index contributed by atoms with van der Waals surface area (Å²) < 4.78 is 17.6. The van der Waals surface area contributed by atoms with Crippen LogP contribution in [0, 0.1) is 0 Å². The predicted molar refractivity (Wildman–Crippen MR) is 163 cm³/mol. The molecular weight excluding hydrogens is 536 g/mol. The number of anilines is 1. The summed E-state index contributed by atoms with van der Waals surface area (Å²) in [6.07, 6.45) is 1.69. The zero-order valence-electron chi connectivity index (χ0n) is 25.8. The molecule has 230 valence electrons. The van der Waals surface area contributed by atoms with E-state index in [9.17, 15) is 14.4 Å². The van der Waals surface area contributed by atoms with Crippen molar-refractivity contribution < 1.29 is 28.6 Å². The first kappa shape index (κ1) is 32.6. The summed E-state index contributed by atoms with van der Waals surface area (Å²) in [4.78, 5) is 40.8. The fraction of sp³-hybridized carbons (Fsp3) is 0.531. The molecule has 1 aliphatic rings. The highest BCUT2D eigenvalue weighted by Crippen LogP contribution is 2.34. The molecular formula is C32H46N4O6. The molecule has 1 atom stereocenters. The summed E-state index contributed by atoms with van der Waals surface area (Å²) in [5.74, 6) is 0.391. The first-order valence-electron chi connectivity index (χ1n) is 14.6. The number of amides is 3. The molecule has 4 N–H and O–H groups in total. The Morgan fingerprint density at radius 3 is 2.36 bits per heavy atom. The number of rotatable bonds is 14. The number of hydrogen-bond donors (Lipinski definition) is 2. The molecule has 2 aromatic carbocycles. The van der Waals surface area contributed by atoms with Crippen molar-refractivity contribution in [3.05, 3.63) is 53.1 Å². The Labute approximate surface area is 249 Å². The number of nitrogens with zero attached hydrogens (tertiary/aromatic N) is 2. The highest BCUT2D eigenvalue weighted by molar-refractivity contribution is 6.00. The predicted octanol–water partition coefficient (Wildman–Crippen LogP) is 4.45. The molecule has 1 aliphatic heterocycles. The van der Waals surface area contributed by atoms with Gasteiger partial charge in [-0.1, -0.05) is 18.2 Å². The molecule has 42 heavy (non-hydrogen) atoms. The fourth-order valence-corrected chi connectivity index (χ4v) is 5.10. The molecule has 10 nitrogen and oxygen atoms in total. The fourth-order valence-electron chi connectivity index (χ4n) is 5.10. The van der Waals surface area contributed by atoms with Crippen molar-refractivity contribution in [2.75, 3.05) is 31.1 Å². The Morgan fingerprint density at radius 1 is 1.05 bits per heavy atom. The Bertz CT molecular complexity index is 1260. The second-order valence-corrected chi connectivity index (χ2v) is 12.0. The lowest BCUT2D eigenvalue weighted by Crippen LogP contribution is -2.45. The Morgan fingerprint density at radius 2 is 1.74 bits per heavy atom. The van der Waals surface area contributed by atoms with Crippen molar-refractivity contribution in [1.82, 2.24) is 4.90 Å². The van der Waals surface area contributed by atoms with Gasteiger partial charge < -0.3 is 35.5 Å². The van der Waals surface area contributed by atoms with E-state index in [1.54, 1.807) is 4.90 Å². The molecule has 0 aliphatic carbocycles. The minimum absolute atomic E-state index is 0.00660. The van der Waals surface area contributed by atoms with E-state index < -0.39 is 17.6 Å². The zero-order valence-corrected chi connectivity index (χ0v) is 25.8. The summed E-state index contributed by atoms with van der Waals surface area (Å²) in [5.41, 5.74) is 13.6. The lowest BCUT2D eigenvalue weighted by Gasteiger charge is -2.32. The maximum absolute atomic E-state index is 13.3. The van der Waals surface area contributed by atoms with Crippen LogP contribution in [0.3, 0.4) is 0 Å². The van der Waals surface area contributed by atoms with Crippen molar-refractivity contribution in [3.8, 4) is 11.5 Å². The van der Waals surface area contributed by atoms with Crippen LogP contribution < -0.4 is 25.8 Å². The lowest BCUT2D eigenvalue weighted by molar-refractivity contribution is -0.118. The number of benzene rings is 2.